The van der Waals surface area contributed by atoms with E-state index < -0.39 is 15.5 Å². The largest absolute Gasteiger partial charge is 0.481 e. The van der Waals surface area contributed by atoms with Crippen LogP contribution in [0.3, 0.4) is 0 Å². The maximum absolute atomic E-state index is 11.7. The number of nitrogens with zero attached hydrogens (tertiary/aromatic N) is 6. The summed E-state index contributed by atoms with van der Waals surface area (Å²) in [6.07, 6.45) is 7.51. The Hall–Kier alpha value is -2.67. The van der Waals surface area contributed by atoms with Crippen LogP contribution in [0.5, 0.6) is 5.88 Å². The molecule has 0 spiro atoms. The van der Waals surface area contributed by atoms with Crippen LogP contribution < -0.4 is 10.1 Å². The number of H-pyrrole nitrogens is 1. The van der Waals surface area contributed by atoms with Gasteiger partial charge in [-0.05, 0) is 26.7 Å². The zero-order valence-electron chi connectivity index (χ0n) is 17.0. The van der Waals surface area contributed by atoms with Crippen molar-refractivity contribution in [2.75, 3.05) is 24.7 Å². The summed E-state index contributed by atoms with van der Waals surface area (Å²) in [5.41, 5.74) is 0.798. The molecule has 158 valence electrons. The monoisotopic (exact) mass is 430 g/mol. The summed E-state index contributed by atoms with van der Waals surface area (Å²) in [7, 11) is 2.91. The number of aromatic amines is 1. The van der Waals surface area contributed by atoms with E-state index >= 15 is 0 Å². The fourth-order valence-corrected chi connectivity index (χ4v) is 4.20. The molecule has 1 saturated heterocycles. The number of hydrogen-bond acceptors (Lipinski definition) is 8. The van der Waals surface area contributed by atoms with Crippen LogP contribution in [0.2, 0.25) is 0 Å². The highest BCUT2D eigenvalue weighted by molar-refractivity contribution is 7.88. The molecule has 0 atom stereocenters. The highest BCUT2D eigenvalue weighted by Crippen LogP contribution is 2.30. The van der Waals surface area contributed by atoms with Gasteiger partial charge >= 0.3 is 0 Å². The number of anilines is 1. The molecule has 4 heterocycles. The number of ether oxygens (including phenoxy) is 1. The summed E-state index contributed by atoms with van der Waals surface area (Å²) in [4.78, 5) is 8.96. The molecule has 0 saturated carbocycles. The van der Waals surface area contributed by atoms with Crippen molar-refractivity contribution in [1.82, 2.24) is 34.1 Å². The van der Waals surface area contributed by atoms with Crippen LogP contribution in [0.25, 0.3) is 16.9 Å². The van der Waals surface area contributed by atoms with Gasteiger partial charge in [0, 0.05) is 30.9 Å². The molecular formula is C17H23BN8O3S. The van der Waals surface area contributed by atoms with Crippen LogP contribution in [0.4, 0.5) is 5.95 Å². The number of hydrogen-bond donors (Lipinski definition) is 2. The zero-order valence-corrected chi connectivity index (χ0v) is 17.8. The van der Waals surface area contributed by atoms with Gasteiger partial charge in [-0.3, -0.25) is 5.10 Å². The molecule has 3 aromatic heterocycles. The first-order valence-corrected chi connectivity index (χ1v) is 11.4. The predicted octanol–water partition coefficient (Wildman–Crippen LogP) is 0.634. The van der Waals surface area contributed by atoms with Crippen molar-refractivity contribution in [3.63, 3.8) is 0 Å². The Morgan fingerprint density at radius 2 is 2.03 bits per heavy atom. The van der Waals surface area contributed by atoms with Gasteiger partial charge in [-0.25, -0.2) is 17.7 Å². The maximum Gasteiger partial charge on any atom is 0.243 e. The second-order valence-electron chi connectivity index (χ2n) is 7.89. The molecule has 1 fully saturated rings. The van der Waals surface area contributed by atoms with Crippen LogP contribution in [-0.2, 0) is 10.0 Å². The van der Waals surface area contributed by atoms with Gasteiger partial charge in [-0.1, -0.05) is 0 Å². The lowest BCUT2D eigenvalue weighted by Gasteiger charge is -2.30. The van der Waals surface area contributed by atoms with Gasteiger partial charge in [0.1, 0.15) is 13.5 Å². The quantitative estimate of drug-likeness (QED) is 0.545. The van der Waals surface area contributed by atoms with Gasteiger partial charge in [-0.15, -0.1) is 5.10 Å². The Kier molecular flexibility index (Phi) is 5.18. The molecule has 4 rings (SSSR count). The number of piperidine rings is 1. The van der Waals surface area contributed by atoms with E-state index in [9.17, 15) is 8.42 Å². The lowest BCUT2D eigenvalue weighted by Crippen LogP contribution is -2.41. The number of nitrogens with one attached hydrogen (secondary N) is 2. The normalized spacial score (nSPS) is 16.8. The molecule has 1 aliphatic heterocycles. The van der Waals surface area contributed by atoms with Crippen molar-refractivity contribution < 1.29 is 13.2 Å². The van der Waals surface area contributed by atoms with Crippen molar-refractivity contribution in [2.45, 2.75) is 38.2 Å². The first-order chi connectivity index (χ1) is 14.1. The first kappa shape index (κ1) is 20.6. The van der Waals surface area contributed by atoms with Crippen molar-refractivity contribution in [1.29, 1.82) is 0 Å². The Morgan fingerprint density at radius 3 is 2.63 bits per heavy atom. The van der Waals surface area contributed by atoms with Gasteiger partial charge < -0.3 is 10.1 Å². The molecule has 0 unspecified atom stereocenters. The number of rotatable bonds is 6. The molecule has 30 heavy (non-hydrogen) atoms. The average molecular weight is 430 g/mol. The first-order valence-electron chi connectivity index (χ1n) is 9.55. The fraction of sp³-hybridized carbons (Fsp3) is 0.529. The van der Waals surface area contributed by atoms with E-state index in [0.29, 0.717) is 49.1 Å². The average Bonchev–Trinajstić information content (AvgIpc) is 3.30. The second-order valence-corrected chi connectivity index (χ2v) is 9.87. The topological polar surface area (TPSA) is 130 Å². The smallest absolute Gasteiger partial charge is 0.243 e. The Morgan fingerprint density at radius 1 is 1.30 bits per heavy atom. The summed E-state index contributed by atoms with van der Waals surface area (Å²) in [5.74, 6) is 0.771. The molecule has 0 aliphatic carbocycles. The predicted molar refractivity (Wildman–Crippen MR) is 112 cm³/mol. The summed E-state index contributed by atoms with van der Waals surface area (Å²) in [6.45, 7) is 4.39. The Balaban J connectivity index is 1.62. The van der Waals surface area contributed by atoms with E-state index in [2.05, 4.69) is 30.6 Å². The van der Waals surface area contributed by atoms with Crippen molar-refractivity contribution in [2.24, 2.45) is 0 Å². The Bertz CT molecular complexity index is 1130. The van der Waals surface area contributed by atoms with Gasteiger partial charge in [0.05, 0.1) is 24.1 Å². The Labute approximate surface area is 175 Å². The van der Waals surface area contributed by atoms with Gasteiger partial charge in [0.25, 0.3) is 0 Å². The van der Waals surface area contributed by atoms with E-state index in [4.69, 9.17) is 12.6 Å². The van der Waals surface area contributed by atoms with Gasteiger partial charge in [0.15, 0.2) is 5.65 Å². The fourth-order valence-electron chi connectivity index (χ4n) is 3.33. The van der Waals surface area contributed by atoms with Crippen molar-refractivity contribution >= 4 is 29.5 Å². The number of fused-ring (bicyclic) bond motifs is 1. The molecule has 0 amide bonds. The molecule has 11 nitrogen and oxygen atoms in total. The molecule has 3 aromatic rings. The van der Waals surface area contributed by atoms with E-state index in [-0.39, 0.29) is 6.04 Å². The number of sulfonamides is 1. The minimum Gasteiger partial charge on any atom is -0.481 e. The van der Waals surface area contributed by atoms with E-state index in [1.807, 2.05) is 0 Å². The maximum atomic E-state index is 11.7. The van der Waals surface area contributed by atoms with Crippen LogP contribution in [0, 0.1) is 0 Å². The third-order valence-corrected chi connectivity index (χ3v) is 6.03. The SMILES string of the molecule is [B]C(C)(C)Oc1c(-c2cn[nH]c2)ncc2nc(NC3CCN(S(C)(=O)=O)CC3)nn12. The lowest BCUT2D eigenvalue weighted by atomic mass is 9.86. The minimum absolute atomic E-state index is 0.0667. The van der Waals surface area contributed by atoms with E-state index in [1.54, 1.807) is 37.0 Å². The summed E-state index contributed by atoms with van der Waals surface area (Å²) < 4.78 is 32.4. The van der Waals surface area contributed by atoms with E-state index in [1.165, 1.54) is 10.6 Å². The standard InChI is InChI=1S/C17H23BN8O3S/c1-17(2,18)29-15-14(11-8-20-21-9-11)19-10-13-23-16(24-26(13)15)22-12-4-6-25(7-5-12)30(3,27)28/h8-10,12H,4-7H2,1-3H3,(H,20,21)(H,22,24). The third kappa shape index (κ3) is 4.41. The molecule has 1 aliphatic rings. The summed E-state index contributed by atoms with van der Waals surface area (Å²) in [6, 6.07) is 0.0667. The molecule has 13 heteroatoms. The molecule has 2 radical (unpaired) electrons. The lowest BCUT2D eigenvalue weighted by molar-refractivity contribution is 0.185. The highest BCUT2D eigenvalue weighted by Gasteiger charge is 2.26. The van der Waals surface area contributed by atoms with Crippen LogP contribution in [0.15, 0.2) is 18.6 Å². The molecule has 0 bridgehead atoms. The third-order valence-electron chi connectivity index (χ3n) is 4.72. The van der Waals surface area contributed by atoms with Crippen LogP contribution in [0.1, 0.15) is 26.7 Å². The molecule has 2 N–H and O–H groups in total. The highest BCUT2D eigenvalue weighted by atomic mass is 32.2. The van der Waals surface area contributed by atoms with Gasteiger partial charge in [0.2, 0.25) is 21.9 Å². The van der Waals surface area contributed by atoms with Crippen molar-refractivity contribution in [3.05, 3.63) is 18.6 Å². The van der Waals surface area contributed by atoms with Crippen LogP contribution in [-0.4, -0.2) is 81.2 Å². The number of aromatic nitrogens is 6. The zero-order chi connectivity index (χ0) is 21.5. The summed E-state index contributed by atoms with van der Waals surface area (Å²) >= 11 is 0. The van der Waals surface area contributed by atoms with Crippen molar-refractivity contribution in [3.8, 4) is 17.1 Å². The second kappa shape index (κ2) is 7.54. The minimum atomic E-state index is -3.17. The van der Waals surface area contributed by atoms with Crippen LogP contribution >= 0.6 is 0 Å². The molecular weight excluding hydrogens is 407 g/mol. The van der Waals surface area contributed by atoms with Gasteiger partial charge in [-0.2, -0.15) is 14.6 Å². The molecule has 0 aromatic carbocycles. The summed E-state index contributed by atoms with van der Waals surface area (Å²) in [5, 5.41) is 14.6. The van der Waals surface area contributed by atoms with E-state index in [0.717, 1.165) is 5.56 Å².